The molecule has 0 fully saturated rings. The number of benzene rings is 9. The van der Waals surface area contributed by atoms with Crippen LogP contribution < -0.4 is 4.90 Å². The monoisotopic (exact) mass is 1070 g/mol. The number of unbranched alkanes of at least 4 members (excludes halogenated alkanes) is 6. The lowest BCUT2D eigenvalue weighted by molar-refractivity contribution is 0.414. The second-order valence-electron chi connectivity index (χ2n) is 24.8. The average molecular weight is 1070 g/mol. The summed E-state index contributed by atoms with van der Waals surface area (Å²) in [5.74, 6) is 0. The third-order valence-electron chi connectivity index (χ3n) is 19.9. The topological polar surface area (TPSA) is 3.24 Å². The molecular formula is C81H87N. The quantitative estimate of drug-likeness (QED) is 0.0583. The predicted molar refractivity (Wildman–Crippen MR) is 353 cm³/mol. The van der Waals surface area contributed by atoms with Crippen LogP contribution in [0.1, 0.15) is 190 Å². The third kappa shape index (κ3) is 9.68. The molecule has 0 aliphatic heterocycles. The molecule has 0 bridgehead atoms. The van der Waals surface area contributed by atoms with Crippen molar-refractivity contribution in [1.82, 2.24) is 0 Å². The van der Waals surface area contributed by atoms with Gasteiger partial charge in [-0.1, -0.05) is 264 Å². The van der Waals surface area contributed by atoms with Gasteiger partial charge in [-0.3, -0.25) is 0 Å². The molecule has 0 saturated heterocycles. The lowest BCUT2D eigenvalue weighted by Crippen LogP contribution is -2.25. The lowest BCUT2D eigenvalue weighted by atomic mass is 9.70. The molecule has 82 heavy (non-hydrogen) atoms. The molecule has 1 nitrogen and oxygen atoms in total. The molecule has 0 N–H and O–H groups in total. The molecule has 0 saturated carbocycles. The van der Waals surface area contributed by atoms with Crippen molar-refractivity contribution in [3.05, 3.63) is 234 Å². The Kier molecular flexibility index (Phi) is 16.1. The maximum atomic E-state index is 2.56. The van der Waals surface area contributed by atoms with Gasteiger partial charge < -0.3 is 4.90 Å². The minimum absolute atomic E-state index is 0.0546. The van der Waals surface area contributed by atoms with E-state index in [0.717, 1.165) is 17.1 Å². The molecule has 0 unspecified atom stereocenters. The van der Waals surface area contributed by atoms with Crippen molar-refractivity contribution in [2.75, 3.05) is 4.90 Å². The molecule has 3 aliphatic carbocycles. The Labute approximate surface area is 492 Å². The van der Waals surface area contributed by atoms with Crippen LogP contribution in [-0.4, -0.2) is 0 Å². The average Bonchev–Trinajstić information content (AvgIpc) is 3.31. The molecule has 3 aliphatic rings. The number of fused-ring (bicyclic) bond motifs is 9. The van der Waals surface area contributed by atoms with Crippen molar-refractivity contribution in [2.45, 2.75) is 173 Å². The van der Waals surface area contributed by atoms with Crippen molar-refractivity contribution in [3.8, 4) is 66.8 Å². The first-order chi connectivity index (χ1) is 40.3. The van der Waals surface area contributed by atoms with E-state index >= 15 is 0 Å². The van der Waals surface area contributed by atoms with E-state index in [1.165, 1.54) is 216 Å². The Balaban J connectivity index is 0.923. The third-order valence-corrected chi connectivity index (χ3v) is 19.9. The van der Waals surface area contributed by atoms with Crippen LogP contribution in [0.2, 0.25) is 0 Å². The predicted octanol–water partition coefficient (Wildman–Crippen LogP) is 24.1. The fraction of sp³-hybridized carbons (Fsp3) is 0.333. The molecule has 0 amide bonds. The van der Waals surface area contributed by atoms with Crippen molar-refractivity contribution in [2.24, 2.45) is 0 Å². The molecule has 0 aromatic heterocycles. The van der Waals surface area contributed by atoms with E-state index < -0.39 is 0 Å². The number of hydrogen-bond donors (Lipinski definition) is 0. The second kappa shape index (κ2) is 23.9. The van der Waals surface area contributed by atoms with Crippen molar-refractivity contribution >= 4 is 17.1 Å². The van der Waals surface area contributed by atoms with Crippen LogP contribution in [0, 0.1) is 0 Å². The lowest BCUT2D eigenvalue weighted by Gasteiger charge is -2.33. The first-order valence-corrected chi connectivity index (χ1v) is 32.2. The SMILES string of the molecule is CCCCC1(CCCC)c2ccccc2-c2ccc(-c3ccc(N(c4ccc(-c5ccc6c(c5)C(CCCC)(CCCC)c5ccccc5-6)cc4)c4ccc(-c5ccc6c(c5)C(CCCC)(CCCC)c5ccccc5-6)cc4)cc3)cc21. The van der Waals surface area contributed by atoms with Gasteiger partial charge in [-0.15, -0.1) is 0 Å². The van der Waals surface area contributed by atoms with Gasteiger partial charge in [-0.2, -0.15) is 0 Å². The van der Waals surface area contributed by atoms with Gasteiger partial charge in [0.15, 0.2) is 0 Å². The highest BCUT2D eigenvalue weighted by molar-refractivity contribution is 5.88. The van der Waals surface area contributed by atoms with Gasteiger partial charge in [0, 0.05) is 33.3 Å². The molecule has 416 valence electrons. The first kappa shape index (κ1) is 55.3. The largest absolute Gasteiger partial charge is 0.311 e. The fourth-order valence-electron chi connectivity index (χ4n) is 15.6. The van der Waals surface area contributed by atoms with Crippen LogP contribution in [0.25, 0.3) is 66.8 Å². The molecule has 9 aromatic rings. The van der Waals surface area contributed by atoms with E-state index in [-0.39, 0.29) is 16.2 Å². The Morgan fingerprint density at radius 2 is 0.451 bits per heavy atom. The van der Waals surface area contributed by atoms with Gasteiger partial charge in [0.25, 0.3) is 0 Å². The van der Waals surface area contributed by atoms with E-state index in [1.807, 2.05) is 0 Å². The zero-order valence-electron chi connectivity index (χ0n) is 50.2. The molecule has 9 aromatic carbocycles. The van der Waals surface area contributed by atoms with Crippen LogP contribution in [-0.2, 0) is 16.2 Å². The summed E-state index contributed by atoms with van der Waals surface area (Å²) >= 11 is 0. The summed E-state index contributed by atoms with van der Waals surface area (Å²) in [6.07, 6.45) is 21.8. The second-order valence-corrected chi connectivity index (χ2v) is 24.8. The Bertz CT molecular complexity index is 3250. The first-order valence-electron chi connectivity index (χ1n) is 32.2. The molecule has 0 spiro atoms. The Hall–Kier alpha value is -7.22. The molecule has 0 heterocycles. The van der Waals surface area contributed by atoms with Gasteiger partial charge in [-0.05, 0) is 193 Å². The van der Waals surface area contributed by atoms with Crippen LogP contribution in [0.15, 0.2) is 200 Å². The molecule has 0 atom stereocenters. The van der Waals surface area contributed by atoms with Gasteiger partial charge in [0.2, 0.25) is 0 Å². The Morgan fingerprint density at radius 1 is 0.232 bits per heavy atom. The van der Waals surface area contributed by atoms with Crippen molar-refractivity contribution in [3.63, 3.8) is 0 Å². The normalized spacial score (nSPS) is 14.4. The molecule has 1 heteroatoms. The summed E-state index contributed by atoms with van der Waals surface area (Å²) in [4.78, 5) is 2.47. The van der Waals surface area contributed by atoms with Gasteiger partial charge >= 0.3 is 0 Å². The number of hydrogen-bond acceptors (Lipinski definition) is 1. The Morgan fingerprint density at radius 3 is 0.695 bits per heavy atom. The van der Waals surface area contributed by atoms with Crippen molar-refractivity contribution < 1.29 is 0 Å². The zero-order chi connectivity index (χ0) is 56.3. The highest BCUT2D eigenvalue weighted by Gasteiger charge is 2.45. The fourth-order valence-corrected chi connectivity index (χ4v) is 15.6. The summed E-state index contributed by atoms with van der Waals surface area (Å²) in [7, 11) is 0. The van der Waals surface area contributed by atoms with Gasteiger partial charge in [0.05, 0.1) is 0 Å². The summed E-state index contributed by atoms with van der Waals surface area (Å²) in [6.45, 7) is 14.1. The van der Waals surface area contributed by atoms with Crippen molar-refractivity contribution in [1.29, 1.82) is 0 Å². The maximum Gasteiger partial charge on any atom is 0.0462 e. The summed E-state index contributed by atoms with van der Waals surface area (Å²) in [5.41, 5.74) is 29.1. The molecule has 12 rings (SSSR count). The maximum absolute atomic E-state index is 2.56. The number of anilines is 3. The van der Waals surface area contributed by atoms with Gasteiger partial charge in [0.1, 0.15) is 0 Å². The summed E-state index contributed by atoms with van der Waals surface area (Å²) in [6, 6.07) is 78.3. The number of nitrogens with zero attached hydrogens (tertiary/aromatic N) is 1. The summed E-state index contributed by atoms with van der Waals surface area (Å²) in [5, 5.41) is 0. The van der Waals surface area contributed by atoms with Gasteiger partial charge in [-0.25, -0.2) is 0 Å². The highest BCUT2D eigenvalue weighted by Crippen LogP contribution is 2.58. The minimum Gasteiger partial charge on any atom is -0.311 e. The standard InChI is InChI=1S/C81H87N/c1-7-13-49-79(50-14-8-2)73-28-22-19-25-67(73)70-46-37-61(55-76(70)79)58-31-40-64(41-32-58)82(65-42-33-59(34-43-65)62-38-47-71-68-26-20-23-29-74(68)80(51-15-9-3,52-16-10-4)77(71)56-62)66-44-35-60(36-45-66)63-39-48-72-69-27-21-24-30-75(69)81(53-17-11-5,54-18-12-6)78(72)57-63/h19-48,55-57H,7-18,49-54H2,1-6H3. The highest BCUT2D eigenvalue weighted by atomic mass is 15.1. The summed E-state index contributed by atoms with van der Waals surface area (Å²) < 4.78 is 0. The van der Waals surface area contributed by atoms with Crippen LogP contribution >= 0.6 is 0 Å². The van der Waals surface area contributed by atoms with Crippen LogP contribution in [0.3, 0.4) is 0 Å². The minimum atomic E-state index is 0.0546. The van der Waals surface area contributed by atoms with Crippen LogP contribution in [0.4, 0.5) is 17.1 Å². The van der Waals surface area contributed by atoms with E-state index in [2.05, 4.69) is 247 Å². The number of rotatable bonds is 24. The molecular weight excluding hydrogens is 987 g/mol. The van der Waals surface area contributed by atoms with E-state index in [9.17, 15) is 0 Å². The van der Waals surface area contributed by atoms with E-state index in [4.69, 9.17) is 0 Å². The molecule has 0 radical (unpaired) electrons. The van der Waals surface area contributed by atoms with E-state index in [0.29, 0.717) is 0 Å². The smallest absolute Gasteiger partial charge is 0.0462 e. The van der Waals surface area contributed by atoms with Crippen LogP contribution in [0.5, 0.6) is 0 Å². The van der Waals surface area contributed by atoms with E-state index in [1.54, 1.807) is 0 Å². The zero-order valence-corrected chi connectivity index (χ0v) is 50.2.